The van der Waals surface area contributed by atoms with Gasteiger partial charge in [0.25, 0.3) is 0 Å². The number of nitrogens with zero attached hydrogens (tertiary/aromatic N) is 2. The minimum atomic E-state index is 0.915. The summed E-state index contributed by atoms with van der Waals surface area (Å²) < 4.78 is 9.40. The summed E-state index contributed by atoms with van der Waals surface area (Å²) in [7, 11) is 0. The molecule has 0 amide bonds. The van der Waals surface area contributed by atoms with Gasteiger partial charge in [0, 0.05) is 65.1 Å². The maximum atomic E-state index is 6.88. The fourth-order valence-corrected chi connectivity index (χ4v) is 10.2. The van der Waals surface area contributed by atoms with Crippen molar-refractivity contribution in [3.8, 4) is 22.3 Å². The average molecular weight is 767 g/mol. The van der Waals surface area contributed by atoms with E-state index in [0.29, 0.717) is 0 Å². The zero-order valence-corrected chi connectivity index (χ0v) is 32.4. The van der Waals surface area contributed by atoms with E-state index in [-0.39, 0.29) is 0 Å². The minimum absolute atomic E-state index is 0.915. The van der Waals surface area contributed by atoms with Crippen LogP contribution in [0.25, 0.3) is 64.4 Å². The lowest BCUT2D eigenvalue weighted by Crippen LogP contribution is -2.09. The Morgan fingerprint density at radius 1 is 0.333 bits per heavy atom. The van der Waals surface area contributed by atoms with Crippen LogP contribution in [0.3, 0.4) is 0 Å². The highest BCUT2D eigenvalue weighted by Gasteiger charge is 2.22. The molecule has 3 heterocycles. The van der Waals surface area contributed by atoms with Gasteiger partial charge in [-0.2, -0.15) is 0 Å². The van der Waals surface area contributed by atoms with E-state index in [4.69, 9.17) is 4.42 Å². The first-order chi connectivity index (χ1) is 28.3. The molecule has 0 atom stereocenters. The fourth-order valence-electron chi connectivity index (χ4n) is 8.23. The minimum Gasteiger partial charge on any atom is -0.456 e. The second-order valence-corrected chi connectivity index (χ2v) is 16.0. The summed E-state index contributed by atoms with van der Waals surface area (Å²) in [6.07, 6.45) is 0. The number of fused-ring (bicyclic) bond motifs is 7. The largest absolute Gasteiger partial charge is 0.456 e. The maximum absolute atomic E-state index is 6.88. The first kappa shape index (κ1) is 33.4. The third-order valence-electron chi connectivity index (χ3n) is 10.8. The molecule has 8 aromatic carbocycles. The van der Waals surface area contributed by atoms with Crippen molar-refractivity contribution in [2.45, 2.75) is 0 Å². The normalized spacial score (nSPS) is 11.5. The molecule has 3 nitrogen and oxygen atoms in total. The Morgan fingerprint density at radius 2 is 0.649 bits per heavy atom. The SMILES string of the molecule is c1ccc(N(c2ccccc2)c2ccc(-c3cc4oc5cc(-c6ccc(N(c7ccccc7)c7ccccc7)cc6)c6ccsc6c5c4c4sccc34)cc2)cc1. The van der Waals surface area contributed by atoms with Gasteiger partial charge in [0.1, 0.15) is 11.2 Å². The van der Waals surface area contributed by atoms with E-state index >= 15 is 0 Å². The zero-order chi connectivity index (χ0) is 37.7. The van der Waals surface area contributed by atoms with Gasteiger partial charge in [0.2, 0.25) is 0 Å². The highest BCUT2D eigenvalue weighted by atomic mass is 32.1. The standard InChI is InChI=1S/C52H34N2OS2/c1-5-13-37(14-6-1)53(38-15-7-2-8-16-38)41-25-21-35(22-26-41)45-33-47-49(51-43(45)29-31-56-51)50-48(55-47)34-46(44-30-32-57-52(44)50)36-23-27-42(28-24-36)54(39-17-9-3-10-18-39)40-19-11-4-12-20-40/h1-34H. The summed E-state index contributed by atoms with van der Waals surface area (Å²) >= 11 is 3.58. The summed E-state index contributed by atoms with van der Waals surface area (Å²) in [6, 6.07) is 69.1. The van der Waals surface area contributed by atoms with Crippen LogP contribution in [-0.4, -0.2) is 0 Å². The first-order valence-corrected chi connectivity index (χ1v) is 20.8. The Morgan fingerprint density at radius 3 is 0.982 bits per heavy atom. The molecule has 3 aromatic heterocycles. The van der Waals surface area contributed by atoms with E-state index in [2.05, 4.69) is 215 Å². The summed E-state index contributed by atoms with van der Waals surface area (Å²) in [5.41, 5.74) is 13.2. The number of anilines is 6. The van der Waals surface area contributed by atoms with Crippen LogP contribution in [0, 0.1) is 0 Å². The molecule has 11 aromatic rings. The van der Waals surface area contributed by atoms with Crippen LogP contribution in [0.2, 0.25) is 0 Å². The first-order valence-electron chi connectivity index (χ1n) is 19.1. The number of hydrogen-bond donors (Lipinski definition) is 0. The van der Waals surface area contributed by atoms with Crippen LogP contribution in [0.5, 0.6) is 0 Å². The molecule has 0 fully saturated rings. The van der Waals surface area contributed by atoms with Crippen molar-refractivity contribution in [3.63, 3.8) is 0 Å². The Hall–Kier alpha value is -6.92. The Kier molecular flexibility index (Phi) is 8.20. The number of benzene rings is 8. The van der Waals surface area contributed by atoms with Crippen molar-refractivity contribution in [2.75, 3.05) is 9.80 Å². The lowest BCUT2D eigenvalue weighted by molar-refractivity contribution is 0.670. The van der Waals surface area contributed by atoms with Crippen LogP contribution in [0.15, 0.2) is 209 Å². The average Bonchev–Trinajstić information content (AvgIpc) is 4.05. The smallest absolute Gasteiger partial charge is 0.137 e. The highest BCUT2D eigenvalue weighted by molar-refractivity contribution is 7.19. The third-order valence-corrected chi connectivity index (χ3v) is 12.7. The van der Waals surface area contributed by atoms with Crippen molar-refractivity contribution in [2.24, 2.45) is 0 Å². The van der Waals surface area contributed by atoms with E-state index in [1.165, 1.54) is 42.1 Å². The molecule has 0 saturated carbocycles. The van der Waals surface area contributed by atoms with E-state index < -0.39 is 0 Å². The molecular weight excluding hydrogens is 733 g/mol. The summed E-state index contributed by atoms with van der Waals surface area (Å²) in [5.74, 6) is 0. The van der Waals surface area contributed by atoms with Crippen LogP contribution < -0.4 is 9.80 Å². The number of furan rings is 1. The van der Waals surface area contributed by atoms with E-state index in [1.807, 2.05) is 0 Å². The molecule has 5 heteroatoms. The number of rotatable bonds is 8. The molecule has 0 aliphatic heterocycles. The summed E-state index contributed by atoms with van der Waals surface area (Å²) in [4.78, 5) is 4.60. The fraction of sp³-hybridized carbons (Fsp3) is 0. The Labute approximate surface area is 338 Å². The van der Waals surface area contributed by atoms with Gasteiger partial charge in [0.15, 0.2) is 0 Å². The number of para-hydroxylation sites is 4. The van der Waals surface area contributed by atoms with Crippen molar-refractivity contribution >= 4 is 98.9 Å². The summed E-state index contributed by atoms with van der Waals surface area (Å²) in [5, 5.41) is 9.32. The van der Waals surface area contributed by atoms with Gasteiger partial charge in [-0.1, -0.05) is 97.1 Å². The number of hydrogen-bond acceptors (Lipinski definition) is 5. The molecule has 0 saturated heterocycles. The van der Waals surface area contributed by atoms with Crippen LogP contribution in [0.1, 0.15) is 0 Å². The van der Waals surface area contributed by atoms with Crippen LogP contribution in [0.4, 0.5) is 34.1 Å². The molecule has 0 N–H and O–H groups in total. The number of thiophene rings is 2. The van der Waals surface area contributed by atoms with Crippen molar-refractivity contribution < 1.29 is 4.42 Å². The molecule has 0 aliphatic carbocycles. The monoisotopic (exact) mass is 766 g/mol. The van der Waals surface area contributed by atoms with Gasteiger partial charge >= 0.3 is 0 Å². The van der Waals surface area contributed by atoms with E-state index in [9.17, 15) is 0 Å². The predicted molar refractivity (Wildman–Crippen MR) is 245 cm³/mol. The molecule has 11 rings (SSSR count). The molecule has 0 unspecified atom stereocenters. The second-order valence-electron chi connectivity index (χ2n) is 14.1. The van der Waals surface area contributed by atoms with Gasteiger partial charge in [-0.3, -0.25) is 0 Å². The van der Waals surface area contributed by atoms with Gasteiger partial charge in [-0.05, 0) is 130 Å². The van der Waals surface area contributed by atoms with Crippen molar-refractivity contribution in [1.82, 2.24) is 0 Å². The van der Waals surface area contributed by atoms with Crippen molar-refractivity contribution in [1.29, 1.82) is 0 Å². The predicted octanol–water partition coefficient (Wildman–Crippen LogP) is 16.3. The highest BCUT2D eigenvalue weighted by Crippen LogP contribution is 2.48. The van der Waals surface area contributed by atoms with Gasteiger partial charge in [0.05, 0.1) is 0 Å². The van der Waals surface area contributed by atoms with Crippen LogP contribution in [-0.2, 0) is 0 Å². The Bertz CT molecular complexity index is 2860. The van der Waals surface area contributed by atoms with Gasteiger partial charge in [-0.25, -0.2) is 0 Å². The molecule has 0 spiro atoms. The lowest BCUT2D eigenvalue weighted by atomic mass is 9.97. The molecule has 270 valence electrons. The molecule has 0 bridgehead atoms. The second kappa shape index (κ2) is 14.0. The molecule has 0 aliphatic rings. The lowest BCUT2D eigenvalue weighted by Gasteiger charge is -2.25. The zero-order valence-electron chi connectivity index (χ0n) is 30.7. The van der Waals surface area contributed by atoms with Crippen LogP contribution >= 0.6 is 22.7 Å². The topological polar surface area (TPSA) is 19.6 Å². The van der Waals surface area contributed by atoms with Gasteiger partial charge < -0.3 is 14.2 Å². The van der Waals surface area contributed by atoms with Gasteiger partial charge in [-0.15, -0.1) is 22.7 Å². The third kappa shape index (κ3) is 5.79. The molecule has 0 radical (unpaired) electrons. The van der Waals surface area contributed by atoms with E-state index in [0.717, 1.165) is 56.4 Å². The molecule has 57 heavy (non-hydrogen) atoms. The maximum Gasteiger partial charge on any atom is 0.137 e. The Balaban J connectivity index is 1.00. The molecular formula is C52H34N2OS2. The quantitative estimate of drug-likeness (QED) is 0.154. The van der Waals surface area contributed by atoms with Crippen molar-refractivity contribution in [3.05, 3.63) is 205 Å². The summed E-state index contributed by atoms with van der Waals surface area (Å²) in [6.45, 7) is 0. The van der Waals surface area contributed by atoms with E-state index in [1.54, 1.807) is 22.7 Å².